The number of ether oxygens (including phenoxy) is 1. The minimum absolute atomic E-state index is 0.352. The van der Waals surface area contributed by atoms with E-state index in [9.17, 15) is 4.79 Å². The van der Waals surface area contributed by atoms with Crippen LogP contribution in [0, 0.1) is 0 Å². The van der Waals surface area contributed by atoms with Gasteiger partial charge in [0, 0.05) is 11.6 Å². The third kappa shape index (κ3) is 3.22. The van der Waals surface area contributed by atoms with Gasteiger partial charge in [0.1, 0.15) is 0 Å². The second kappa shape index (κ2) is 5.14. The number of nitrogens with zero attached hydrogens (tertiary/aromatic N) is 1. The standard InChI is InChI=1S/C11H14ClNO2/c1-13(2)7-8-4-5-9(12)6-10(8)11(14)15-3/h4-6H,7H2,1-3H3. The Morgan fingerprint density at radius 2 is 2.13 bits per heavy atom. The predicted octanol–water partition coefficient (Wildman–Crippen LogP) is 2.19. The molecular formula is C11H14ClNO2. The highest BCUT2D eigenvalue weighted by Gasteiger charge is 2.12. The Morgan fingerprint density at radius 1 is 1.47 bits per heavy atom. The molecule has 0 atom stereocenters. The molecule has 0 saturated heterocycles. The molecule has 0 N–H and O–H groups in total. The lowest BCUT2D eigenvalue weighted by atomic mass is 10.1. The van der Waals surface area contributed by atoms with E-state index in [0.717, 1.165) is 5.56 Å². The zero-order valence-corrected chi connectivity index (χ0v) is 9.84. The maximum absolute atomic E-state index is 11.5. The molecule has 0 aliphatic carbocycles. The van der Waals surface area contributed by atoms with E-state index in [2.05, 4.69) is 0 Å². The Labute approximate surface area is 94.6 Å². The van der Waals surface area contributed by atoms with E-state index in [-0.39, 0.29) is 5.97 Å². The number of esters is 1. The second-order valence-corrected chi connectivity index (χ2v) is 3.97. The van der Waals surface area contributed by atoms with E-state index in [1.165, 1.54) is 7.11 Å². The lowest BCUT2D eigenvalue weighted by molar-refractivity contribution is 0.0598. The summed E-state index contributed by atoms with van der Waals surface area (Å²) in [5.41, 5.74) is 1.44. The highest BCUT2D eigenvalue weighted by atomic mass is 35.5. The lowest BCUT2D eigenvalue weighted by Crippen LogP contribution is -2.14. The maximum Gasteiger partial charge on any atom is 0.338 e. The molecule has 15 heavy (non-hydrogen) atoms. The van der Waals surface area contributed by atoms with Crippen molar-refractivity contribution in [1.29, 1.82) is 0 Å². The second-order valence-electron chi connectivity index (χ2n) is 3.53. The molecule has 1 aromatic carbocycles. The molecular weight excluding hydrogens is 214 g/mol. The molecule has 1 rings (SSSR count). The van der Waals surface area contributed by atoms with E-state index < -0.39 is 0 Å². The van der Waals surface area contributed by atoms with Crippen LogP contribution in [0.4, 0.5) is 0 Å². The van der Waals surface area contributed by atoms with Gasteiger partial charge in [-0.2, -0.15) is 0 Å². The molecule has 0 amide bonds. The number of hydrogen-bond acceptors (Lipinski definition) is 3. The summed E-state index contributed by atoms with van der Waals surface area (Å²) in [5.74, 6) is -0.352. The maximum atomic E-state index is 11.5. The van der Waals surface area contributed by atoms with Gasteiger partial charge >= 0.3 is 5.97 Å². The van der Waals surface area contributed by atoms with Crippen LogP contribution in [0.1, 0.15) is 15.9 Å². The summed E-state index contributed by atoms with van der Waals surface area (Å²) < 4.78 is 4.70. The van der Waals surface area contributed by atoms with Gasteiger partial charge in [-0.25, -0.2) is 4.79 Å². The number of carbonyl (C=O) groups is 1. The number of benzene rings is 1. The summed E-state index contributed by atoms with van der Waals surface area (Å²) in [7, 11) is 5.24. The summed E-state index contributed by atoms with van der Waals surface area (Å²) in [6.45, 7) is 0.682. The molecule has 4 heteroatoms. The van der Waals surface area contributed by atoms with Crippen molar-refractivity contribution < 1.29 is 9.53 Å². The topological polar surface area (TPSA) is 29.5 Å². The van der Waals surface area contributed by atoms with Crippen molar-refractivity contribution in [3.8, 4) is 0 Å². The molecule has 0 aliphatic rings. The first-order chi connectivity index (χ1) is 7.04. The van der Waals surface area contributed by atoms with E-state index in [0.29, 0.717) is 17.1 Å². The number of halogens is 1. The van der Waals surface area contributed by atoms with E-state index in [4.69, 9.17) is 16.3 Å². The molecule has 0 fully saturated rings. The minimum atomic E-state index is -0.352. The van der Waals surface area contributed by atoms with Gasteiger partial charge in [0.25, 0.3) is 0 Å². The van der Waals surface area contributed by atoms with Crippen LogP contribution in [-0.2, 0) is 11.3 Å². The molecule has 82 valence electrons. The summed E-state index contributed by atoms with van der Waals surface area (Å²) >= 11 is 5.83. The van der Waals surface area contributed by atoms with Crippen molar-refractivity contribution in [3.05, 3.63) is 34.3 Å². The van der Waals surface area contributed by atoms with Gasteiger partial charge in [-0.05, 0) is 31.8 Å². The van der Waals surface area contributed by atoms with Crippen LogP contribution in [0.5, 0.6) is 0 Å². The third-order valence-corrected chi connectivity index (χ3v) is 2.20. The Hall–Kier alpha value is -1.06. The van der Waals surface area contributed by atoms with E-state index in [1.54, 1.807) is 12.1 Å². The molecule has 0 spiro atoms. The van der Waals surface area contributed by atoms with Gasteiger partial charge in [-0.3, -0.25) is 0 Å². The smallest absolute Gasteiger partial charge is 0.338 e. The van der Waals surface area contributed by atoms with Crippen molar-refractivity contribution in [3.63, 3.8) is 0 Å². The highest BCUT2D eigenvalue weighted by molar-refractivity contribution is 6.31. The monoisotopic (exact) mass is 227 g/mol. The van der Waals surface area contributed by atoms with Crippen molar-refractivity contribution in [2.24, 2.45) is 0 Å². The molecule has 0 radical (unpaired) electrons. The van der Waals surface area contributed by atoms with Gasteiger partial charge < -0.3 is 9.64 Å². The Bertz CT molecular complexity index is 364. The molecule has 0 bridgehead atoms. The lowest BCUT2D eigenvalue weighted by Gasteiger charge is -2.13. The number of hydrogen-bond donors (Lipinski definition) is 0. The zero-order chi connectivity index (χ0) is 11.4. The fourth-order valence-corrected chi connectivity index (χ4v) is 1.50. The number of carbonyl (C=O) groups excluding carboxylic acids is 1. The Balaban J connectivity index is 3.08. The largest absolute Gasteiger partial charge is 0.465 e. The van der Waals surface area contributed by atoms with Crippen molar-refractivity contribution >= 4 is 17.6 Å². The fourth-order valence-electron chi connectivity index (χ4n) is 1.33. The third-order valence-electron chi connectivity index (χ3n) is 1.96. The van der Waals surface area contributed by atoms with Gasteiger partial charge in [-0.1, -0.05) is 17.7 Å². The molecule has 3 nitrogen and oxygen atoms in total. The van der Waals surface area contributed by atoms with Crippen LogP contribution in [0.2, 0.25) is 5.02 Å². The van der Waals surface area contributed by atoms with Crippen molar-refractivity contribution in [2.75, 3.05) is 21.2 Å². The molecule has 1 aromatic rings. The van der Waals surface area contributed by atoms with Crippen LogP contribution in [0.15, 0.2) is 18.2 Å². The average molecular weight is 228 g/mol. The van der Waals surface area contributed by atoms with Crippen molar-refractivity contribution in [2.45, 2.75) is 6.54 Å². The first-order valence-electron chi connectivity index (χ1n) is 4.56. The summed E-state index contributed by atoms with van der Waals surface area (Å²) in [6, 6.07) is 5.24. The Morgan fingerprint density at radius 3 is 2.67 bits per heavy atom. The van der Waals surface area contributed by atoms with E-state index >= 15 is 0 Å². The fraction of sp³-hybridized carbons (Fsp3) is 0.364. The quantitative estimate of drug-likeness (QED) is 0.742. The van der Waals surface area contributed by atoms with E-state index in [1.807, 2.05) is 25.1 Å². The normalized spacial score (nSPS) is 10.5. The van der Waals surface area contributed by atoms with Crippen LogP contribution in [0.3, 0.4) is 0 Å². The number of rotatable bonds is 3. The highest BCUT2D eigenvalue weighted by Crippen LogP contribution is 2.18. The molecule has 0 aliphatic heterocycles. The molecule has 0 saturated carbocycles. The first kappa shape index (κ1) is 12.0. The Kier molecular flexibility index (Phi) is 4.12. The van der Waals surface area contributed by atoms with Gasteiger partial charge in [0.2, 0.25) is 0 Å². The predicted molar refractivity (Wildman–Crippen MR) is 60.2 cm³/mol. The van der Waals surface area contributed by atoms with Crippen LogP contribution in [-0.4, -0.2) is 32.1 Å². The average Bonchev–Trinajstić information content (AvgIpc) is 2.19. The molecule has 0 heterocycles. The summed E-state index contributed by atoms with van der Waals surface area (Å²) in [5, 5.41) is 0.540. The summed E-state index contributed by atoms with van der Waals surface area (Å²) in [4.78, 5) is 13.5. The molecule has 0 aromatic heterocycles. The van der Waals surface area contributed by atoms with Gasteiger partial charge in [-0.15, -0.1) is 0 Å². The van der Waals surface area contributed by atoms with Crippen LogP contribution in [0.25, 0.3) is 0 Å². The van der Waals surface area contributed by atoms with Crippen LogP contribution >= 0.6 is 11.6 Å². The van der Waals surface area contributed by atoms with Crippen LogP contribution < -0.4 is 0 Å². The minimum Gasteiger partial charge on any atom is -0.465 e. The first-order valence-corrected chi connectivity index (χ1v) is 4.94. The van der Waals surface area contributed by atoms with Gasteiger partial charge in [0.15, 0.2) is 0 Å². The van der Waals surface area contributed by atoms with Gasteiger partial charge in [0.05, 0.1) is 12.7 Å². The molecule has 0 unspecified atom stereocenters. The zero-order valence-electron chi connectivity index (χ0n) is 9.08. The van der Waals surface area contributed by atoms with Crippen molar-refractivity contribution in [1.82, 2.24) is 4.90 Å². The summed E-state index contributed by atoms with van der Waals surface area (Å²) in [6.07, 6.45) is 0. The number of methoxy groups -OCH3 is 1. The SMILES string of the molecule is COC(=O)c1cc(Cl)ccc1CN(C)C.